The summed E-state index contributed by atoms with van der Waals surface area (Å²) < 4.78 is 7.35. The van der Waals surface area contributed by atoms with Crippen LogP contribution >= 0.6 is 11.6 Å². The van der Waals surface area contributed by atoms with Crippen molar-refractivity contribution in [2.24, 2.45) is 0 Å². The summed E-state index contributed by atoms with van der Waals surface area (Å²) >= 11 is 6.19. The molecule has 1 aromatic heterocycles. The summed E-state index contributed by atoms with van der Waals surface area (Å²) in [6.45, 7) is 2.49. The highest BCUT2D eigenvalue weighted by Crippen LogP contribution is 2.26. The Morgan fingerprint density at radius 1 is 1.18 bits per heavy atom. The number of carbonyl (C=O) groups is 1. The SMILES string of the molecule is C[C@@H](OC(=O)c1ccc2c(=O)n3c(nc2c1)CCCCC3)c1ccccc1Cl. The van der Waals surface area contributed by atoms with Crippen LogP contribution in [-0.2, 0) is 17.7 Å². The van der Waals surface area contributed by atoms with Crippen LogP contribution in [0.2, 0.25) is 5.02 Å². The third-order valence-electron chi connectivity index (χ3n) is 5.18. The fraction of sp³-hybridized carbons (Fsp3) is 0.318. The summed E-state index contributed by atoms with van der Waals surface area (Å²) in [4.78, 5) is 30.1. The second-order valence-electron chi connectivity index (χ2n) is 7.10. The summed E-state index contributed by atoms with van der Waals surface area (Å²) in [5.41, 5.74) is 1.63. The molecular formula is C22H21ClN2O3. The van der Waals surface area contributed by atoms with Gasteiger partial charge in [0.05, 0.1) is 16.5 Å². The van der Waals surface area contributed by atoms with Gasteiger partial charge in [0.15, 0.2) is 0 Å². The molecule has 4 rings (SSSR count). The molecule has 0 unspecified atom stereocenters. The van der Waals surface area contributed by atoms with E-state index in [-0.39, 0.29) is 5.56 Å². The molecule has 1 aliphatic heterocycles. The number of halogens is 1. The average Bonchev–Trinajstić information content (AvgIpc) is 2.93. The lowest BCUT2D eigenvalue weighted by Gasteiger charge is -2.15. The van der Waals surface area contributed by atoms with Gasteiger partial charge >= 0.3 is 5.97 Å². The third kappa shape index (κ3) is 3.54. The second kappa shape index (κ2) is 7.76. The normalized spacial score (nSPS) is 14.9. The van der Waals surface area contributed by atoms with Crippen molar-refractivity contribution in [2.75, 3.05) is 0 Å². The van der Waals surface area contributed by atoms with Crippen LogP contribution in [0.1, 0.15) is 54.0 Å². The Morgan fingerprint density at radius 2 is 2.00 bits per heavy atom. The van der Waals surface area contributed by atoms with Crippen LogP contribution in [0.15, 0.2) is 47.3 Å². The molecule has 5 nitrogen and oxygen atoms in total. The van der Waals surface area contributed by atoms with Crippen molar-refractivity contribution in [1.29, 1.82) is 0 Å². The van der Waals surface area contributed by atoms with E-state index in [0.29, 0.717) is 28.0 Å². The van der Waals surface area contributed by atoms with Crippen molar-refractivity contribution >= 4 is 28.5 Å². The zero-order chi connectivity index (χ0) is 19.7. The number of benzene rings is 2. The maximum Gasteiger partial charge on any atom is 0.338 e. The van der Waals surface area contributed by atoms with E-state index in [9.17, 15) is 9.59 Å². The van der Waals surface area contributed by atoms with Gasteiger partial charge in [-0.25, -0.2) is 9.78 Å². The molecule has 1 aliphatic rings. The summed E-state index contributed by atoms with van der Waals surface area (Å²) in [5, 5.41) is 1.08. The van der Waals surface area contributed by atoms with Gasteiger partial charge in [0, 0.05) is 23.6 Å². The first-order chi connectivity index (χ1) is 13.5. The van der Waals surface area contributed by atoms with E-state index in [1.54, 1.807) is 35.8 Å². The molecule has 0 N–H and O–H groups in total. The van der Waals surface area contributed by atoms with Crippen LogP contribution in [0.3, 0.4) is 0 Å². The zero-order valence-corrected chi connectivity index (χ0v) is 16.4. The standard InChI is InChI=1S/C22H21ClN2O3/c1-14(16-7-4-5-8-18(16)23)28-22(27)15-10-11-17-19(13-15)24-20-9-3-2-6-12-25(20)21(17)26/h4-5,7-8,10-11,13-14H,2-3,6,9,12H2,1H3/t14-/m1/s1. The Balaban J connectivity index is 1.65. The molecule has 6 heteroatoms. The Labute approximate surface area is 167 Å². The summed E-state index contributed by atoms with van der Waals surface area (Å²) in [5.74, 6) is 0.330. The van der Waals surface area contributed by atoms with Crippen LogP contribution in [0, 0.1) is 0 Å². The largest absolute Gasteiger partial charge is 0.454 e. The quantitative estimate of drug-likeness (QED) is 0.602. The van der Waals surface area contributed by atoms with Gasteiger partial charge in [-0.1, -0.05) is 36.2 Å². The number of hydrogen-bond acceptors (Lipinski definition) is 4. The lowest BCUT2D eigenvalue weighted by atomic mass is 10.1. The van der Waals surface area contributed by atoms with Gasteiger partial charge in [-0.3, -0.25) is 9.36 Å². The number of ether oxygens (including phenoxy) is 1. The number of fused-ring (bicyclic) bond motifs is 2. The molecule has 0 saturated carbocycles. The topological polar surface area (TPSA) is 61.2 Å². The summed E-state index contributed by atoms with van der Waals surface area (Å²) in [6.07, 6.45) is 3.40. The first-order valence-corrected chi connectivity index (χ1v) is 9.91. The predicted octanol–water partition coefficient (Wildman–Crippen LogP) is 4.69. The highest BCUT2D eigenvalue weighted by Gasteiger charge is 2.18. The number of esters is 1. The minimum absolute atomic E-state index is 0.0359. The molecule has 144 valence electrons. The molecule has 1 atom stereocenters. The molecule has 0 saturated heterocycles. The molecule has 0 bridgehead atoms. The number of aryl methyl sites for hydroxylation is 1. The summed E-state index contributed by atoms with van der Waals surface area (Å²) in [7, 11) is 0. The molecule has 0 radical (unpaired) electrons. The fourth-order valence-corrected chi connectivity index (χ4v) is 3.93. The molecule has 0 aliphatic carbocycles. The molecule has 0 spiro atoms. The van der Waals surface area contributed by atoms with Gasteiger partial charge in [0.2, 0.25) is 0 Å². The minimum Gasteiger partial charge on any atom is -0.454 e. The van der Waals surface area contributed by atoms with Gasteiger partial charge in [0.1, 0.15) is 11.9 Å². The molecule has 2 heterocycles. The van der Waals surface area contributed by atoms with E-state index in [0.717, 1.165) is 37.1 Å². The molecule has 28 heavy (non-hydrogen) atoms. The smallest absolute Gasteiger partial charge is 0.338 e. The van der Waals surface area contributed by atoms with Crippen molar-refractivity contribution in [1.82, 2.24) is 9.55 Å². The first kappa shape index (κ1) is 18.7. The van der Waals surface area contributed by atoms with Crippen LogP contribution in [-0.4, -0.2) is 15.5 Å². The van der Waals surface area contributed by atoms with E-state index in [1.807, 2.05) is 18.2 Å². The Bertz CT molecular complexity index is 1110. The van der Waals surface area contributed by atoms with E-state index < -0.39 is 12.1 Å². The van der Waals surface area contributed by atoms with Crippen LogP contribution in [0.4, 0.5) is 0 Å². The molecule has 3 aromatic rings. The van der Waals surface area contributed by atoms with Crippen molar-refractivity contribution in [2.45, 2.75) is 45.3 Å². The Hall–Kier alpha value is -2.66. The van der Waals surface area contributed by atoms with Crippen molar-refractivity contribution in [3.8, 4) is 0 Å². The van der Waals surface area contributed by atoms with Crippen molar-refractivity contribution in [3.63, 3.8) is 0 Å². The maximum absolute atomic E-state index is 12.8. The molecule has 0 fully saturated rings. The monoisotopic (exact) mass is 396 g/mol. The Morgan fingerprint density at radius 3 is 2.82 bits per heavy atom. The van der Waals surface area contributed by atoms with Gasteiger partial charge in [0.25, 0.3) is 5.56 Å². The highest BCUT2D eigenvalue weighted by molar-refractivity contribution is 6.31. The lowest BCUT2D eigenvalue weighted by molar-refractivity contribution is 0.0338. The van der Waals surface area contributed by atoms with E-state index >= 15 is 0 Å². The second-order valence-corrected chi connectivity index (χ2v) is 7.50. The molecule has 2 aromatic carbocycles. The van der Waals surface area contributed by atoms with Gasteiger partial charge in [-0.2, -0.15) is 0 Å². The first-order valence-electron chi connectivity index (χ1n) is 9.53. The van der Waals surface area contributed by atoms with Gasteiger partial charge in [-0.05, 0) is 44.0 Å². The Kier molecular flexibility index (Phi) is 5.18. The van der Waals surface area contributed by atoms with E-state index in [2.05, 4.69) is 4.98 Å². The molecular weight excluding hydrogens is 376 g/mol. The van der Waals surface area contributed by atoms with Gasteiger partial charge < -0.3 is 4.74 Å². The molecule has 0 amide bonds. The minimum atomic E-state index is -0.484. The van der Waals surface area contributed by atoms with Crippen LogP contribution in [0.25, 0.3) is 10.9 Å². The van der Waals surface area contributed by atoms with Crippen molar-refractivity contribution < 1.29 is 9.53 Å². The average molecular weight is 397 g/mol. The number of hydrogen-bond donors (Lipinski definition) is 0. The van der Waals surface area contributed by atoms with E-state index in [1.165, 1.54) is 0 Å². The summed E-state index contributed by atoms with van der Waals surface area (Å²) in [6, 6.07) is 12.2. The lowest BCUT2D eigenvalue weighted by Crippen LogP contribution is -2.24. The predicted molar refractivity (Wildman–Crippen MR) is 109 cm³/mol. The van der Waals surface area contributed by atoms with Crippen LogP contribution in [0.5, 0.6) is 0 Å². The van der Waals surface area contributed by atoms with Crippen LogP contribution < -0.4 is 5.56 Å². The van der Waals surface area contributed by atoms with E-state index in [4.69, 9.17) is 16.3 Å². The fourth-order valence-electron chi connectivity index (χ4n) is 3.64. The number of carbonyl (C=O) groups excluding carboxylic acids is 1. The number of aromatic nitrogens is 2. The highest BCUT2D eigenvalue weighted by atomic mass is 35.5. The zero-order valence-electron chi connectivity index (χ0n) is 15.7. The number of nitrogens with zero attached hydrogens (tertiary/aromatic N) is 2. The third-order valence-corrected chi connectivity index (χ3v) is 5.52. The maximum atomic E-state index is 12.8. The van der Waals surface area contributed by atoms with Gasteiger partial charge in [-0.15, -0.1) is 0 Å². The van der Waals surface area contributed by atoms with Crippen molar-refractivity contribution in [3.05, 3.63) is 74.8 Å². The number of rotatable bonds is 3.